The van der Waals surface area contributed by atoms with Crippen LogP contribution in [0.3, 0.4) is 0 Å². The first-order valence-corrected chi connectivity index (χ1v) is 12.3. The summed E-state index contributed by atoms with van der Waals surface area (Å²) < 4.78 is 25.5. The summed E-state index contributed by atoms with van der Waals surface area (Å²) in [5.41, 5.74) is 0.513. The number of fused-ring (bicyclic) bond motifs is 1. The lowest BCUT2D eigenvalue weighted by Gasteiger charge is -2.36. The highest BCUT2D eigenvalue weighted by Gasteiger charge is 2.36. The summed E-state index contributed by atoms with van der Waals surface area (Å²) in [5.74, 6) is 0.426. The quantitative estimate of drug-likeness (QED) is 0.584. The van der Waals surface area contributed by atoms with Crippen molar-refractivity contribution in [2.75, 3.05) is 19.0 Å². The third-order valence-electron chi connectivity index (χ3n) is 6.51. The van der Waals surface area contributed by atoms with Crippen molar-refractivity contribution in [2.45, 2.75) is 50.8 Å². The van der Waals surface area contributed by atoms with Crippen molar-refractivity contribution in [1.82, 2.24) is 10.2 Å². The molecule has 2 atom stereocenters. The molecule has 182 valence electrons. The van der Waals surface area contributed by atoms with Gasteiger partial charge in [-0.25, -0.2) is 4.39 Å². The number of para-hydroxylation sites is 2. The number of hydrogen-bond donors (Lipinski definition) is 1. The third-order valence-corrected chi connectivity index (χ3v) is 6.74. The molecule has 2 aromatic carbocycles. The number of ether oxygens (including phenoxy) is 2. The molecule has 8 heteroatoms. The summed E-state index contributed by atoms with van der Waals surface area (Å²) in [6.07, 6.45) is 3.38. The highest BCUT2D eigenvalue weighted by molar-refractivity contribution is 6.27. The van der Waals surface area contributed by atoms with Gasteiger partial charge in [0.2, 0.25) is 11.8 Å². The molecule has 0 bridgehead atoms. The summed E-state index contributed by atoms with van der Waals surface area (Å²) in [7, 11) is 0. The topological polar surface area (TPSA) is 67.9 Å². The van der Waals surface area contributed by atoms with Crippen molar-refractivity contribution in [3.8, 4) is 11.5 Å². The molecular weight excluding hydrogens is 459 g/mol. The minimum atomic E-state index is -0.966. The van der Waals surface area contributed by atoms with E-state index in [4.69, 9.17) is 21.1 Å². The fourth-order valence-electron chi connectivity index (χ4n) is 4.60. The van der Waals surface area contributed by atoms with Crippen LogP contribution in [0, 0.1) is 11.7 Å². The van der Waals surface area contributed by atoms with Crippen LogP contribution in [0.15, 0.2) is 48.5 Å². The number of benzene rings is 2. The van der Waals surface area contributed by atoms with Crippen LogP contribution < -0.4 is 14.8 Å². The molecule has 2 aromatic rings. The second-order valence-electron chi connectivity index (χ2n) is 9.10. The van der Waals surface area contributed by atoms with Gasteiger partial charge in [0.15, 0.2) is 17.6 Å². The highest BCUT2D eigenvalue weighted by atomic mass is 35.5. The summed E-state index contributed by atoms with van der Waals surface area (Å²) in [6.45, 7) is 2.53. The normalized spacial score (nSPS) is 22.5. The maximum atomic E-state index is 13.7. The number of hydrogen-bond acceptors (Lipinski definition) is 4. The Labute approximate surface area is 204 Å². The van der Waals surface area contributed by atoms with E-state index < -0.39 is 23.9 Å². The van der Waals surface area contributed by atoms with Crippen LogP contribution >= 0.6 is 11.6 Å². The zero-order valence-electron chi connectivity index (χ0n) is 19.2. The van der Waals surface area contributed by atoms with Gasteiger partial charge in [-0.15, -0.1) is 11.6 Å². The van der Waals surface area contributed by atoms with Crippen molar-refractivity contribution in [3.63, 3.8) is 0 Å². The van der Waals surface area contributed by atoms with E-state index in [9.17, 15) is 14.0 Å². The van der Waals surface area contributed by atoms with E-state index in [0.717, 1.165) is 25.7 Å². The SMILES string of the molecule is CC1CCC(NC(=O)[C@H](c2ccc(F)cc2)N(C[C@H]2COc3ccccc3O2)C(=O)CCl)CC1. The average Bonchev–Trinajstić information content (AvgIpc) is 2.85. The molecule has 1 aliphatic carbocycles. The molecule has 2 aliphatic rings. The fraction of sp³-hybridized carbons (Fsp3) is 0.462. The second-order valence-corrected chi connectivity index (χ2v) is 9.36. The predicted molar refractivity (Wildman–Crippen MR) is 127 cm³/mol. The number of rotatable bonds is 7. The lowest BCUT2D eigenvalue weighted by atomic mass is 9.87. The van der Waals surface area contributed by atoms with Crippen LogP contribution in [-0.2, 0) is 9.59 Å². The first-order valence-electron chi connectivity index (χ1n) is 11.7. The number of nitrogens with zero attached hydrogens (tertiary/aromatic N) is 1. The standard InChI is InChI=1S/C26H30ClFN2O4/c1-17-6-12-20(13-7-17)29-26(32)25(18-8-10-19(28)11-9-18)30(24(31)14-27)15-21-16-33-22-4-2-3-5-23(22)34-21/h2-5,8-11,17,20-21,25H,6-7,12-16H2,1H3,(H,29,32)/t17?,20?,21-,25-/m0/s1. The first-order chi connectivity index (χ1) is 16.4. The highest BCUT2D eigenvalue weighted by Crippen LogP contribution is 2.32. The van der Waals surface area contributed by atoms with E-state index in [0.29, 0.717) is 23.0 Å². The molecule has 0 saturated heterocycles. The van der Waals surface area contributed by atoms with Crippen LogP contribution in [-0.4, -0.2) is 47.9 Å². The Bertz CT molecular complexity index is 995. The van der Waals surface area contributed by atoms with Gasteiger partial charge in [0.1, 0.15) is 24.3 Å². The molecule has 6 nitrogen and oxygen atoms in total. The number of alkyl halides is 1. The van der Waals surface area contributed by atoms with Gasteiger partial charge in [0.05, 0.1) is 6.54 Å². The van der Waals surface area contributed by atoms with E-state index in [1.165, 1.54) is 29.2 Å². The number of carbonyl (C=O) groups is 2. The molecule has 0 unspecified atom stereocenters. The Kier molecular flexibility index (Phi) is 7.93. The van der Waals surface area contributed by atoms with Crippen LogP contribution in [0.4, 0.5) is 4.39 Å². The Morgan fingerprint density at radius 2 is 1.76 bits per heavy atom. The fourth-order valence-corrected chi connectivity index (χ4v) is 4.76. The van der Waals surface area contributed by atoms with Crippen LogP contribution in [0.25, 0.3) is 0 Å². The van der Waals surface area contributed by atoms with Crippen molar-refractivity contribution in [1.29, 1.82) is 0 Å². The zero-order chi connectivity index (χ0) is 24.1. The first kappa shape index (κ1) is 24.3. The maximum Gasteiger partial charge on any atom is 0.247 e. The number of carbonyl (C=O) groups excluding carboxylic acids is 2. The van der Waals surface area contributed by atoms with Gasteiger partial charge in [-0.3, -0.25) is 9.59 Å². The Morgan fingerprint density at radius 3 is 2.44 bits per heavy atom. The lowest BCUT2D eigenvalue weighted by molar-refractivity contribution is -0.141. The Balaban J connectivity index is 1.58. The van der Waals surface area contributed by atoms with Gasteiger partial charge in [0.25, 0.3) is 0 Å². The van der Waals surface area contributed by atoms with Crippen molar-refractivity contribution >= 4 is 23.4 Å². The molecular formula is C26H30ClFN2O4. The van der Waals surface area contributed by atoms with E-state index >= 15 is 0 Å². The third kappa shape index (κ3) is 5.81. The molecule has 0 aromatic heterocycles. The molecule has 1 saturated carbocycles. The summed E-state index contributed by atoms with van der Waals surface area (Å²) in [5, 5.41) is 3.12. The molecule has 4 rings (SSSR count). The Hall–Kier alpha value is -2.80. The number of halogens is 2. The lowest BCUT2D eigenvalue weighted by Crippen LogP contribution is -2.51. The van der Waals surface area contributed by atoms with Gasteiger partial charge in [0, 0.05) is 6.04 Å². The van der Waals surface area contributed by atoms with E-state index in [-0.39, 0.29) is 31.0 Å². The van der Waals surface area contributed by atoms with Gasteiger partial charge in [-0.2, -0.15) is 0 Å². The molecule has 0 spiro atoms. The smallest absolute Gasteiger partial charge is 0.247 e. The minimum Gasteiger partial charge on any atom is -0.486 e. The van der Waals surface area contributed by atoms with E-state index in [2.05, 4.69) is 12.2 Å². The Morgan fingerprint density at radius 1 is 1.09 bits per heavy atom. The second kappa shape index (κ2) is 11.1. The molecule has 0 radical (unpaired) electrons. The molecule has 2 amide bonds. The number of nitrogens with one attached hydrogen (secondary N) is 1. The summed E-state index contributed by atoms with van der Waals surface area (Å²) in [6, 6.07) is 12.0. The largest absolute Gasteiger partial charge is 0.486 e. The van der Waals surface area contributed by atoms with Crippen molar-refractivity contribution < 1.29 is 23.5 Å². The van der Waals surface area contributed by atoms with Gasteiger partial charge < -0.3 is 19.7 Å². The van der Waals surface area contributed by atoms with Gasteiger partial charge in [-0.1, -0.05) is 31.2 Å². The van der Waals surface area contributed by atoms with E-state index in [1.54, 1.807) is 6.07 Å². The number of amides is 2. The van der Waals surface area contributed by atoms with Gasteiger partial charge in [-0.05, 0) is 61.4 Å². The molecule has 1 heterocycles. The predicted octanol–water partition coefficient (Wildman–Crippen LogP) is 4.47. The van der Waals surface area contributed by atoms with Gasteiger partial charge >= 0.3 is 0 Å². The maximum absolute atomic E-state index is 13.7. The van der Waals surface area contributed by atoms with Crippen LogP contribution in [0.5, 0.6) is 11.5 Å². The summed E-state index contributed by atoms with van der Waals surface area (Å²) in [4.78, 5) is 28.0. The van der Waals surface area contributed by atoms with Crippen LogP contribution in [0.1, 0.15) is 44.2 Å². The average molecular weight is 489 g/mol. The van der Waals surface area contributed by atoms with Crippen molar-refractivity contribution in [3.05, 3.63) is 59.9 Å². The van der Waals surface area contributed by atoms with E-state index in [1.807, 2.05) is 18.2 Å². The van der Waals surface area contributed by atoms with Crippen LogP contribution in [0.2, 0.25) is 0 Å². The summed E-state index contributed by atoms with van der Waals surface area (Å²) >= 11 is 5.96. The minimum absolute atomic E-state index is 0.0424. The monoisotopic (exact) mass is 488 g/mol. The molecule has 1 fully saturated rings. The molecule has 1 N–H and O–H groups in total. The molecule has 1 aliphatic heterocycles. The van der Waals surface area contributed by atoms with Crippen molar-refractivity contribution in [2.24, 2.45) is 5.92 Å². The molecule has 34 heavy (non-hydrogen) atoms. The zero-order valence-corrected chi connectivity index (χ0v) is 20.0.